The van der Waals surface area contributed by atoms with Gasteiger partial charge in [0.25, 0.3) is 0 Å². The fraction of sp³-hybridized carbons (Fsp3) is 0. The summed E-state index contributed by atoms with van der Waals surface area (Å²) in [5, 5.41) is 8.87. The Morgan fingerprint density at radius 1 is 1.45 bits per heavy atom. The molecule has 0 aliphatic carbocycles. The van der Waals surface area contributed by atoms with Gasteiger partial charge in [-0.1, -0.05) is 0 Å². The zero-order valence-corrected chi connectivity index (χ0v) is 8.78. The maximum atomic E-state index is 12.8. The van der Waals surface area contributed by atoms with Gasteiger partial charge in [0.1, 0.15) is 0 Å². The first kappa shape index (κ1) is 9.18. The van der Waals surface area contributed by atoms with Crippen molar-refractivity contribution in [2.24, 2.45) is 0 Å². The van der Waals surface area contributed by atoms with Crippen LogP contribution in [0.5, 0.6) is 5.75 Å². The quantitative estimate of drug-likeness (QED) is 0.439. The summed E-state index contributed by atoms with van der Waals surface area (Å²) >= 11 is 4.33. The van der Waals surface area contributed by atoms with Gasteiger partial charge in [0.2, 0.25) is 0 Å². The minimum Gasteiger partial charge on any atom is -0.504 e. The SMILES string of the molecule is Oc1c(F)cc(Br)c(F)c1I. The van der Waals surface area contributed by atoms with Crippen LogP contribution >= 0.6 is 38.5 Å². The Hall–Kier alpha value is 0.0900. The molecule has 0 saturated heterocycles. The largest absolute Gasteiger partial charge is 0.504 e. The van der Waals surface area contributed by atoms with E-state index in [1.54, 1.807) is 0 Å². The van der Waals surface area contributed by atoms with E-state index in [1.165, 1.54) is 22.6 Å². The molecule has 0 amide bonds. The minimum absolute atomic E-state index is 0.0113. The van der Waals surface area contributed by atoms with Crippen molar-refractivity contribution in [1.82, 2.24) is 0 Å². The number of halogens is 4. The van der Waals surface area contributed by atoms with E-state index in [4.69, 9.17) is 5.11 Å². The molecule has 0 fully saturated rings. The van der Waals surface area contributed by atoms with Crippen molar-refractivity contribution < 1.29 is 13.9 Å². The van der Waals surface area contributed by atoms with Gasteiger partial charge in [-0.2, -0.15) is 0 Å². The first-order valence-electron chi connectivity index (χ1n) is 2.56. The predicted octanol–water partition coefficient (Wildman–Crippen LogP) is 3.04. The molecule has 60 valence electrons. The second-order valence-electron chi connectivity index (χ2n) is 1.82. The van der Waals surface area contributed by atoms with Crippen molar-refractivity contribution in [3.63, 3.8) is 0 Å². The van der Waals surface area contributed by atoms with E-state index in [-0.39, 0.29) is 8.04 Å². The van der Waals surface area contributed by atoms with Crippen molar-refractivity contribution in [3.05, 3.63) is 25.7 Å². The third kappa shape index (κ3) is 1.64. The lowest BCUT2D eigenvalue weighted by Gasteiger charge is -2.01. The van der Waals surface area contributed by atoms with Crippen molar-refractivity contribution in [1.29, 1.82) is 0 Å². The van der Waals surface area contributed by atoms with Gasteiger partial charge in [-0.3, -0.25) is 0 Å². The Bertz CT molecular complexity index is 277. The molecule has 1 aromatic rings. The highest BCUT2D eigenvalue weighted by atomic mass is 127. The molecule has 0 aliphatic heterocycles. The third-order valence-electron chi connectivity index (χ3n) is 1.09. The number of hydrogen-bond donors (Lipinski definition) is 1. The molecule has 0 spiro atoms. The van der Waals surface area contributed by atoms with Gasteiger partial charge in [-0.05, 0) is 44.6 Å². The summed E-state index contributed by atoms with van der Waals surface area (Å²) in [6, 6.07) is 0.882. The molecule has 1 aromatic carbocycles. The van der Waals surface area contributed by atoms with Gasteiger partial charge in [0, 0.05) is 0 Å². The Morgan fingerprint density at radius 3 is 2.55 bits per heavy atom. The summed E-state index contributed by atoms with van der Waals surface area (Å²) in [5.74, 6) is -2.13. The summed E-state index contributed by atoms with van der Waals surface area (Å²) < 4.78 is 25.3. The highest BCUT2D eigenvalue weighted by molar-refractivity contribution is 14.1. The molecule has 0 aromatic heterocycles. The second kappa shape index (κ2) is 3.22. The molecule has 0 saturated carbocycles. The summed E-state index contributed by atoms with van der Waals surface area (Å²) in [5.41, 5.74) is 0. The number of phenols is 1. The van der Waals surface area contributed by atoms with Crippen LogP contribution in [0, 0.1) is 15.2 Å². The molecule has 5 heteroatoms. The zero-order valence-electron chi connectivity index (χ0n) is 5.04. The summed E-state index contributed by atoms with van der Waals surface area (Å²) in [6.45, 7) is 0. The van der Waals surface area contributed by atoms with E-state index in [0.717, 1.165) is 6.07 Å². The Morgan fingerprint density at radius 2 is 2.00 bits per heavy atom. The van der Waals surface area contributed by atoms with Crippen LogP contribution in [-0.2, 0) is 0 Å². The maximum absolute atomic E-state index is 12.8. The number of rotatable bonds is 0. The average Bonchev–Trinajstić information content (AvgIpc) is 1.97. The second-order valence-corrected chi connectivity index (χ2v) is 3.75. The maximum Gasteiger partial charge on any atom is 0.167 e. The molecule has 1 N–H and O–H groups in total. The van der Waals surface area contributed by atoms with Crippen LogP contribution in [0.3, 0.4) is 0 Å². The smallest absolute Gasteiger partial charge is 0.167 e. The van der Waals surface area contributed by atoms with Gasteiger partial charge < -0.3 is 5.11 Å². The van der Waals surface area contributed by atoms with Gasteiger partial charge in [-0.15, -0.1) is 0 Å². The van der Waals surface area contributed by atoms with Crippen LogP contribution in [0.15, 0.2) is 10.5 Å². The van der Waals surface area contributed by atoms with Crippen LogP contribution in [0.4, 0.5) is 8.78 Å². The normalized spacial score (nSPS) is 10.2. The molecule has 1 rings (SSSR count). The van der Waals surface area contributed by atoms with E-state index < -0.39 is 17.4 Å². The molecule has 0 atom stereocenters. The Balaban J connectivity index is 3.46. The highest BCUT2D eigenvalue weighted by Gasteiger charge is 2.13. The van der Waals surface area contributed by atoms with E-state index >= 15 is 0 Å². The van der Waals surface area contributed by atoms with Gasteiger partial charge in [-0.25, -0.2) is 8.78 Å². The zero-order chi connectivity index (χ0) is 8.59. The number of hydrogen-bond acceptors (Lipinski definition) is 1. The Kier molecular flexibility index (Phi) is 2.69. The standard InChI is InChI=1S/C6H2BrF2IO/c7-2-1-3(8)6(11)5(10)4(2)9/h1,11H. The third-order valence-corrected chi connectivity index (χ3v) is 2.65. The van der Waals surface area contributed by atoms with Crippen molar-refractivity contribution >= 4 is 38.5 Å². The lowest BCUT2D eigenvalue weighted by Crippen LogP contribution is -1.88. The molecule has 0 radical (unpaired) electrons. The van der Waals surface area contributed by atoms with Gasteiger partial charge in [0.15, 0.2) is 17.4 Å². The molecular weight excluding hydrogens is 333 g/mol. The van der Waals surface area contributed by atoms with E-state index in [9.17, 15) is 8.78 Å². The van der Waals surface area contributed by atoms with E-state index in [2.05, 4.69) is 15.9 Å². The molecule has 0 bridgehead atoms. The first-order chi connectivity index (χ1) is 5.04. The van der Waals surface area contributed by atoms with Crippen LogP contribution < -0.4 is 0 Å². The Labute approximate surface area is 83.7 Å². The van der Waals surface area contributed by atoms with Crippen molar-refractivity contribution in [2.45, 2.75) is 0 Å². The topological polar surface area (TPSA) is 20.2 Å². The molecule has 0 unspecified atom stereocenters. The van der Waals surface area contributed by atoms with Crippen molar-refractivity contribution in [3.8, 4) is 5.75 Å². The fourth-order valence-electron chi connectivity index (χ4n) is 0.557. The molecule has 0 heterocycles. The van der Waals surface area contributed by atoms with Crippen LogP contribution in [0.1, 0.15) is 0 Å². The van der Waals surface area contributed by atoms with E-state index in [1.807, 2.05) is 0 Å². The monoisotopic (exact) mass is 334 g/mol. The lowest BCUT2D eigenvalue weighted by atomic mass is 10.3. The number of phenolic OH excluding ortho intramolecular Hbond substituents is 1. The predicted molar refractivity (Wildman–Crippen MR) is 48.4 cm³/mol. The lowest BCUT2D eigenvalue weighted by molar-refractivity contribution is 0.420. The number of aromatic hydroxyl groups is 1. The minimum atomic E-state index is -0.831. The summed E-state index contributed by atoms with van der Waals surface area (Å²) in [6.07, 6.45) is 0. The van der Waals surface area contributed by atoms with Crippen LogP contribution in [0.25, 0.3) is 0 Å². The van der Waals surface area contributed by atoms with Crippen LogP contribution in [0.2, 0.25) is 0 Å². The fourth-order valence-corrected chi connectivity index (χ4v) is 1.87. The molecule has 1 nitrogen and oxygen atoms in total. The van der Waals surface area contributed by atoms with E-state index in [0.29, 0.717) is 0 Å². The van der Waals surface area contributed by atoms with Gasteiger partial charge in [0.05, 0.1) is 8.04 Å². The molecule has 0 aliphatic rings. The first-order valence-corrected chi connectivity index (χ1v) is 4.43. The highest BCUT2D eigenvalue weighted by Crippen LogP contribution is 2.30. The van der Waals surface area contributed by atoms with Crippen LogP contribution in [-0.4, -0.2) is 5.11 Å². The van der Waals surface area contributed by atoms with Crippen molar-refractivity contribution in [2.75, 3.05) is 0 Å². The number of benzene rings is 1. The summed E-state index contributed by atoms with van der Waals surface area (Å²) in [7, 11) is 0. The van der Waals surface area contributed by atoms with Gasteiger partial charge >= 0.3 is 0 Å². The average molecular weight is 335 g/mol. The molecule has 11 heavy (non-hydrogen) atoms. The summed E-state index contributed by atoms with van der Waals surface area (Å²) in [4.78, 5) is 0. The molecular formula is C6H2BrF2IO.